The van der Waals surface area contributed by atoms with Gasteiger partial charge < -0.3 is 10.2 Å². The maximum Gasteiger partial charge on any atom is 0.253 e. The van der Waals surface area contributed by atoms with E-state index in [0.29, 0.717) is 13.1 Å². The third kappa shape index (κ3) is 4.73. The minimum absolute atomic E-state index is 0.0351. The van der Waals surface area contributed by atoms with Crippen LogP contribution in [0, 0.1) is 19.8 Å². The van der Waals surface area contributed by atoms with Crippen molar-refractivity contribution in [1.29, 1.82) is 0 Å². The summed E-state index contributed by atoms with van der Waals surface area (Å²) < 4.78 is 0. The fourth-order valence-corrected chi connectivity index (χ4v) is 4.27. The van der Waals surface area contributed by atoms with E-state index in [0.717, 1.165) is 42.5 Å². The standard InChI is InChI=1S/C21H26N2O2S/c1-15-11-16(2)13-18(12-15)21(25)23-9-3-5-17(14-23)20(24)22-8-7-19-6-4-10-26-19/h4,6,10-13,17H,3,5,7-9,14H2,1-2H3,(H,22,24). The van der Waals surface area contributed by atoms with Gasteiger partial charge in [0.25, 0.3) is 5.91 Å². The van der Waals surface area contributed by atoms with Crippen molar-refractivity contribution >= 4 is 23.2 Å². The molecule has 3 rings (SSSR count). The normalized spacial score (nSPS) is 17.2. The van der Waals surface area contributed by atoms with Crippen LogP contribution in [-0.2, 0) is 11.2 Å². The number of hydrogen-bond donors (Lipinski definition) is 1. The minimum atomic E-state index is -0.109. The zero-order valence-corrected chi connectivity index (χ0v) is 16.3. The van der Waals surface area contributed by atoms with Gasteiger partial charge in [-0.2, -0.15) is 0 Å². The molecule has 0 aliphatic carbocycles. The van der Waals surface area contributed by atoms with Crippen molar-refractivity contribution in [2.24, 2.45) is 5.92 Å². The van der Waals surface area contributed by atoms with Crippen LogP contribution in [0.5, 0.6) is 0 Å². The highest BCUT2D eigenvalue weighted by molar-refractivity contribution is 7.09. The van der Waals surface area contributed by atoms with Crippen LogP contribution in [0.1, 0.15) is 39.2 Å². The quantitative estimate of drug-likeness (QED) is 0.875. The van der Waals surface area contributed by atoms with E-state index in [2.05, 4.69) is 22.8 Å². The highest BCUT2D eigenvalue weighted by Crippen LogP contribution is 2.20. The first kappa shape index (κ1) is 18.6. The second kappa shape index (κ2) is 8.49. The molecule has 1 fully saturated rings. The molecule has 1 aliphatic rings. The van der Waals surface area contributed by atoms with Crippen LogP contribution >= 0.6 is 11.3 Å². The first-order chi connectivity index (χ1) is 12.5. The smallest absolute Gasteiger partial charge is 0.253 e. The molecule has 138 valence electrons. The number of aryl methyl sites for hydroxylation is 2. The van der Waals surface area contributed by atoms with Gasteiger partial charge in [0.15, 0.2) is 0 Å². The second-order valence-corrected chi connectivity index (χ2v) is 8.12. The Labute approximate surface area is 159 Å². The Morgan fingerprint density at radius 3 is 2.69 bits per heavy atom. The van der Waals surface area contributed by atoms with Gasteiger partial charge in [-0.3, -0.25) is 9.59 Å². The maximum atomic E-state index is 12.8. The lowest BCUT2D eigenvalue weighted by atomic mass is 9.96. The van der Waals surface area contributed by atoms with Crippen LogP contribution in [0.15, 0.2) is 35.7 Å². The van der Waals surface area contributed by atoms with Gasteiger partial charge >= 0.3 is 0 Å². The van der Waals surface area contributed by atoms with Crippen LogP contribution in [0.4, 0.5) is 0 Å². The molecular formula is C21H26N2O2S. The molecule has 1 N–H and O–H groups in total. The maximum absolute atomic E-state index is 12.8. The van der Waals surface area contributed by atoms with Gasteiger partial charge in [0.05, 0.1) is 5.92 Å². The summed E-state index contributed by atoms with van der Waals surface area (Å²) in [6, 6.07) is 10.0. The Morgan fingerprint density at radius 2 is 2.00 bits per heavy atom. The molecule has 1 unspecified atom stereocenters. The largest absolute Gasteiger partial charge is 0.355 e. The summed E-state index contributed by atoms with van der Waals surface area (Å²) in [5, 5.41) is 5.09. The number of hydrogen-bond acceptors (Lipinski definition) is 3. The molecular weight excluding hydrogens is 344 g/mol. The van der Waals surface area contributed by atoms with Crippen molar-refractivity contribution in [1.82, 2.24) is 10.2 Å². The number of thiophene rings is 1. The molecule has 4 nitrogen and oxygen atoms in total. The molecule has 0 saturated carbocycles. The first-order valence-electron chi connectivity index (χ1n) is 9.20. The predicted molar refractivity (Wildman–Crippen MR) is 106 cm³/mol. The number of benzene rings is 1. The fourth-order valence-electron chi connectivity index (χ4n) is 3.56. The first-order valence-corrected chi connectivity index (χ1v) is 10.1. The number of nitrogens with zero attached hydrogens (tertiary/aromatic N) is 1. The molecule has 5 heteroatoms. The Balaban J connectivity index is 1.56. The van der Waals surface area contributed by atoms with Crippen LogP contribution in [0.25, 0.3) is 0 Å². The number of amides is 2. The zero-order valence-electron chi connectivity index (χ0n) is 15.5. The van der Waals surface area contributed by atoms with Gasteiger partial charge in [-0.25, -0.2) is 0 Å². The molecule has 1 aromatic heterocycles. The molecule has 0 radical (unpaired) electrons. The molecule has 1 aromatic carbocycles. The lowest BCUT2D eigenvalue weighted by molar-refractivity contribution is -0.126. The van der Waals surface area contributed by atoms with E-state index < -0.39 is 0 Å². The van der Waals surface area contributed by atoms with Gasteiger partial charge in [0.2, 0.25) is 5.91 Å². The average molecular weight is 371 g/mol. The van der Waals surface area contributed by atoms with Crippen LogP contribution in [-0.4, -0.2) is 36.3 Å². The summed E-state index contributed by atoms with van der Waals surface area (Å²) in [6.07, 6.45) is 2.59. The van der Waals surface area contributed by atoms with Crippen LogP contribution in [0.3, 0.4) is 0 Å². The monoisotopic (exact) mass is 370 g/mol. The molecule has 0 spiro atoms. The summed E-state index contributed by atoms with van der Waals surface area (Å²) in [6.45, 7) is 5.90. The molecule has 1 atom stereocenters. The van der Waals surface area contributed by atoms with Crippen LogP contribution in [0.2, 0.25) is 0 Å². The van der Waals surface area contributed by atoms with Crippen LogP contribution < -0.4 is 5.32 Å². The molecule has 2 aromatic rings. The number of piperidine rings is 1. The zero-order chi connectivity index (χ0) is 18.5. The summed E-state index contributed by atoms with van der Waals surface area (Å²) >= 11 is 1.71. The highest BCUT2D eigenvalue weighted by atomic mass is 32.1. The second-order valence-electron chi connectivity index (χ2n) is 7.09. The number of rotatable bonds is 5. The average Bonchev–Trinajstić information content (AvgIpc) is 3.13. The van der Waals surface area contributed by atoms with E-state index in [4.69, 9.17) is 0 Å². The van der Waals surface area contributed by atoms with Crippen molar-refractivity contribution in [2.45, 2.75) is 33.1 Å². The molecule has 2 amide bonds. The SMILES string of the molecule is Cc1cc(C)cc(C(=O)N2CCCC(C(=O)NCCc3cccs3)C2)c1. The van der Waals surface area contributed by atoms with E-state index in [-0.39, 0.29) is 17.7 Å². The van der Waals surface area contributed by atoms with Gasteiger partial charge in [0.1, 0.15) is 0 Å². The van der Waals surface area contributed by atoms with E-state index in [1.807, 2.05) is 36.9 Å². The van der Waals surface area contributed by atoms with Crippen molar-refractivity contribution < 1.29 is 9.59 Å². The van der Waals surface area contributed by atoms with Crippen molar-refractivity contribution in [2.75, 3.05) is 19.6 Å². The third-order valence-electron chi connectivity index (χ3n) is 4.80. The van der Waals surface area contributed by atoms with Crippen molar-refractivity contribution in [3.8, 4) is 0 Å². The summed E-state index contributed by atoms with van der Waals surface area (Å²) in [5.41, 5.74) is 2.91. The summed E-state index contributed by atoms with van der Waals surface area (Å²) in [5.74, 6) is -0.00527. The van der Waals surface area contributed by atoms with E-state index in [1.54, 1.807) is 11.3 Å². The number of nitrogens with one attached hydrogen (secondary N) is 1. The molecule has 26 heavy (non-hydrogen) atoms. The fraction of sp³-hybridized carbons (Fsp3) is 0.429. The van der Waals surface area contributed by atoms with Gasteiger partial charge in [-0.15, -0.1) is 11.3 Å². The minimum Gasteiger partial charge on any atom is -0.355 e. The van der Waals surface area contributed by atoms with E-state index >= 15 is 0 Å². The number of carbonyl (C=O) groups excluding carboxylic acids is 2. The van der Waals surface area contributed by atoms with Crippen molar-refractivity contribution in [3.63, 3.8) is 0 Å². The lowest BCUT2D eigenvalue weighted by Gasteiger charge is -2.32. The molecule has 1 aliphatic heterocycles. The summed E-state index contributed by atoms with van der Waals surface area (Å²) in [7, 11) is 0. The van der Waals surface area contributed by atoms with Gasteiger partial charge in [-0.1, -0.05) is 23.3 Å². The third-order valence-corrected chi connectivity index (χ3v) is 5.73. The highest BCUT2D eigenvalue weighted by Gasteiger charge is 2.28. The Kier molecular flexibility index (Phi) is 6.09. The van der Waals surface area contributed by atoms with Gasteiger partial charge in [-0.05, 0) is 56.7 Å². The van der Waals surface area contributed by atoms with Gasteiger partial charge in [0, 0.05) is 30.1 Å². The topological polar surface area (TPSA) is 49.4 Å². The molecule has 2 heterocycles. The lowest BCUT2D eigenvalue weighted by Crippen LogP contribution is -2.45. The Morgan fingerprint density at radius 1 is 1.23 bits per heavy atom. The molecule has 0 bridgehead atoms. The van der Waals surface area contributed by atoms with E-state index in [1.165, 1.54) is 4.88 Å². The molecule has 1 saturated heterocycles. The number of carbonyl (C=O) groups is 2. The predicted octanol–water partition coefficient (Wildman–Crippen LogP) is 3.58. The Bertz CT molecular complexity index is 750. The number of likely N-dealkylation sites (tertiary alicyclic amines) is 1. The van der Waals surface area contributed by atoms with Crippen molar-refractivity contribution in [3.05, 3.63) is 57.3 Å². The Hall–Kier alpha value is -2.14. The summed E-state index contributed by atoms with van der Waals surface area (Å²) in [4.78, 5) is 28.4. The van der Waals surface area contributed by atoms with E-state index in [9.17, 15) is 9.59 Å².